The number of hydrogen-bond donors (Lipinski definition) is 2. The summed E-state index contributed by atoms with van der Waals surface area (Å²) in [6.07, 6.45) is 63.9. The summed E-state index contributed by atoms with van der Waals surface area (Å²) in [5.74, 6) is -1.46. The Bertz CT molecular complexity index is 1520. The van der Waals surface area contributed by atoms with Crippen LogP contribution in [0.25, 0.3) is 0 Å². The van der Waals surface area contributed by atoms with Crippen molar-refractivity contribution in [1.29, 1.82) is 0 Å². The van der Waals surface area contributed by atoms with E-state index in [1.807, 2.05) is 19.0 Å². The minimum Gasteiger partial charge on any atom is -0.463 e. The Balaban J connectivity index is 5.52. The van der Waals surface area contributed by atoms with Crippen molar-refractivity contribution < 1.29 is 37.0 Å². The number of allylic oxidation sites excluding steroid dienone is 12. The van der Waals surface area contributed by atoms with Crippen molar-refractivity contribution in [3.63, 3.8) is 0 Å². The molecule has 446 valence electrons. The fourth-order valence-corrected chi connectivity index (χ4v) is 9.51. The molecule has 0 aromatic carbocycles. The number of hydrogen-bond acceptors (Lipinski definition) is 10. The highest BCUT2D eigenvalue weighted by Crippen LogP contribution is 2.16. The number of sulfonamides is 1. The quantitative estimate of drug-likeness (QED) is 0.0262. The molecule has 0 aliphatic heterocycles. The van der Waals surface area contributed by atoms with Gasteiger partial charge >= 0.3 is 17.9 Å². The first kappa shape index (κ1) is 73.7. The van der Waals surface area contributed by atoms with Crippen LogP contribution in [0.15, 0.2) is 72.9 Å². The molecule has 0 aliphatic rings. The maximum absolute atomic E-state index is 13.3. The Kier molecular flexibility index (Phi) is 53.6. The number of unbranched alkanes of at least 4 members (excludes halogenated alkanes) is 24. The maximum atomic E-state index is 13.3. The Morgan fingerprint density at radius 2 is 0.701 bits per heavy atom. The Morgan fingerprint density at radius 3 is 1.01 bits per heavy atom. The summed E-state index contributed by atoms with van der Waals surface area (Å²) < 4.78 is 46.4. The van der Waals surface area contributed by atoms with Gasteiger partial charge in [-0.1, -0.05) is 190 Å². The number of carbonyl (C=O) groups is 3. The molecular formula is C65H117N3O8S. The zero-order valence-electron chi connectivity index (χ0n) is 50.2. The number of nitrogens with one attached hydrogen (secondary N) is 2. The van der Waals surface area contributed by atoms with Crippen molar-refractivity contribution in [2.75, 3.05) is 59.3 Å². The van der Waals surface area contributed by atoms with E-state index in [0.717, 1.165) is 141 Å². The van der Waals surface area contributed by atoms with Crippen LogP contribution in [0.5, 0.6) is 0 Å². The summed E-state index contributed by atoms with van der Waals surface area (Å²) in [5.41, 5.74) is -1.35. The minimum atomic E-state index is -3.67. The third-order valence-corrected chi connectivity index (χ3v) is 14.9. The standard InChI is InChI=1S/C65H117N3O8S/c1-6-9-12-15-18-21-24-27-30-33-36-39-42-45-48-52-62(69)74-59-65(66-56-58-77(72,73)67-55-51-57-68(4)5,60-75-63(70)53-49-46-43-40-37-34-31-28-25-22-19-16-13-10-7-2)61-76-64(71)54-50-47-44-41-38-35-32-29-26-23-20-17-14-11-8-3/h18-23,27-32,66-67H,6-17,24-26,33-61H2,1-5H3/b21-18-,22-19-,23-20-,30-27-,31-28-,32-29-. The van der Waals surface area contributed by atoms with E-state index < -0.39 is 33.5 Å². The van der Waals surface area contributed by atoms with Gasteiger partial charge in [-0.15, -0.1) is 0 Å². The van der Waals surface area contributed by atoms with Crippen LogP contribution in [0, 0.1) is 0 Å². The van der Waals surface area contributed by atoms with Crippen LogP contribution >= 0.6 is 0 Å². The predicted octanol–water partition coefficient (Wildman–Crippen LogP) is 16.3. The van der Waals surface area contributed by atoms with Crippen molar-refractivity contribution in [2.45, 2.75) is 264 Å². The molecule has 0 spiro atoms. The monoisotopic (exact) mass is 1100 g/mol. The topological polar surface area (TPSA) is 140 Å². The molecule has 0 atom stereocenters. The van der Waals surface area contributed by atoms with Crippen molar-refractivity contribution in [1.82, 2.24) is 14.9 Å². The molecule has 12 heteroatoms. The molecule has 0 saturated heterocycles. The molecule has 0 amide bonds. The van der Waals surface area contributed by atoms with Crippen molar-refractivity contribution in [2.24, 2.45) is 0 Å². The second-order valence-corrected chi connectivity index (χ2v) is 23.4. The lowest BCUT2D eigenvalue weighted by molar-refractivity contribution is -0.157. The highest BCUT2D eigenvalue weighted by Gasteiger charge is 2.36. The molecule has 0 heterocycles. The van der Waals surface area contributed by atoms with Gasteiger partial charge in [0.2, 0.25) is 10.0 Å². The summed E-state index contributed by atoms with van der Waals surface area (Å²) in [5, 5.41) is 3.24. The van der Waals surface area contributed by atoms with Crippen molar-refractivity contribution >= 4 is 27.9 Å². The molecule has 2 N–H and O–H groups in total. The number of rotatable bonds is 57. The molecule has 77 heavy (non-hydrogen) atoms. The largest absolute Gasteiger partial charge is 0.463 e. The summed E-state index contributed by atoms with van der Waals surface area (Å²) in [4.78, 5) is 41.8. The SMILES string of the molecule is CCCCC/C=C\C/C=C\CCCCCCCC(=O)OCC(COC(=O)CCCCCCC/C=C\C/C=C\CCCCC)(COC(=O)CCCCCCC/C=C\C/C=C\CCCCC)NCCS(=O)(=O)NCCCN(C)C. The number of carbonyl (C=O) groups excluding carboxylic acids is 3. The van der Waals surface area contributed by atoms with Crippen LogP contribution in [0.3, 0.4) is 0 Å². The Hall–Kier alpha value is -3.32. The summed E-state index contributed by atoms with van der Waals surface area (Å²) in [6.45, 7) is 6.92. The molecule has 0 fully saturated rings. The molecule has 0 radical (unpaired) electrons. The van der Waals surface area contributed by atoms with Gasteiger partial charge in [0.1, 0.15) is 25.4 Å². The van der Waals surface area contributed by atoms with Crippen LogP contribution in [-0.2, 0) is 38.6 Å². The molecule has 0 bridgehead atoms. The predicted molar refractivity (Wildman–Crippen MR) is 327 cm³/mol. The molecule has 0 aromatic heterocycles. The highest BCUT2D eigenvalue weighted by atomic mass is 32.2. The van der Waals surface area contributed by atoms with E-state index in [9.17, 15) is 22.8 Å². The average Bonchev–Trinajstić information content (AvgIpc) is 3.41. The first-order valence-corrected chi connectivity index (χ1v) is 32.9. The summed E-state index contributed by atoms with van der Waals surface area (Å²) in [7, 11) is 0.211. The molecule has 0 rings (SSSR count). The van der Waals surface area contributed by atoms with Gasteiger partial charge in [0.25, 0.3) is 0 Å². The highest BCUT2D eigenvalue weighted by molar-refractivity contribution is 7.89. The van der Waals surface area contributed by atoms with E-state index in [4.69, 9.17) is 14.2 Å². The zero-order valence-corrected chi connectivity index (χ0v) is 51.0. The normalized spacial score (nSPS) is 12.6. The van der Waals surface area contributed by atoms with Gasteiger partial charge in [-0.3, -0.25) is 14.4 Å². The molecule has 0 aromatic rings. The number of esters is 3. The van der Waals surface area contributed by atoms with E-state index in [2.05, 4.69) is 104 Å². The second kappa shape index (κ2) is 56.0. The van der Waals surface area contributed by atoms with E-state index in [0.29, 0.717) is 32.2 Å². The summed E-state index contributed by atoms with van der Waals surface area (Å²) >= 11 is 0. The zero-order chi connectivity index (χ0) is 56.4. The first-order chi connectivity index (χ1) is 37.5. The van der Waals surface area contributed by atoms with Gasteiger partial charge in [0, 0.05) is 32.4 Å². The summed E-state index contributed by atoms with van der Waals surface area (Å²) in [6, 6.07) is 0. The van der Waals surface area contributed by atoms with Gasteiger partial charge < -0.3 is 24.4 Å². The van der Waals surface area contributed by atoms with Crippen LogP contribution in [-0.4, -0.2) is 96.1 Å². The lowest BCUT2D eigenvalue weighted by Gasteiger charge is -2.33. The molecule has 11 nitrogen and oxygen atoms in total. The molecule has 0 unspecified atom stereocenters. The van der Waals surface area contributed by atoms with E-state index in [1.165, 1.54) is 57.8 Å². The van der Waals surface area contributed by atoms with Gasteiger partial charge in [0.05, 0.1) is 5.75 Å². The fourth-order valence-electron chi connectivity index (χ4n) is 8.54. The van der Waals surface area contributed by atoms with Gasteiger partial charge in [-0.2, -0.15) is 0 Å². The first-order valence-electron chi connectivity index (χ1n) is 31.2. The second-order valence-electron chi connectivity index (χ2n) is 21.5. The average molecular weight is 1100 g/mol. The van der Waals surface area contributed by atoms with E-state index in [-0.39, 0.29) is 51.4 Å². The lowest BCUT2D eigenvalue weighted by Crippen LogP contribution is -2.58. The van der Waals surface area contributed by atoms with Crippen LogP contribution in [0.4, 0.5) is 0 Å². The molecular weight excluding hydrogens is 983 g/mol. The Labute approximate surface area is 473 Å². The van der Waals surface area contributed by atoms with Crippen molar-refractivity contribution in [3.8, 4) is 0 Å². The van der Waals surface area contributed by atoms with Gasteiger partial charge in [-0.05, 0) is 143 Å². The number of ether oxygens (including phenoxy) is 3. The lowest BCUT2D eigenvalue weighted by atomic mass is 10.0. The molecule has 0 saturated carbocycles. The van der Waals surface area contributed by atoms with Gasteiger partial charge in [-0.25, -0.2) is 13.1 Å². The van der Waals surface area contributed by atoms with Crippen molar-refractivity contribution in [3.05, 3.63) is 72.9 Å². The number of nitrogens with zero attached hydrogens (tertiary/aromatic N) is 1. The molecule has 0 aliphatic carbocycles. The van der Waals surface area contributed by atoms with E-state index >= 15 is 0 Å². The minimum absolute atomic E-state index is 0.0452. The van der Waals surface area contributed by atoms with Crippen LogP contribution < -0.4 is 10.0 Å². The Morgan fingerprint density at radius 1 is 0.403 bits per heavy atom. The smallest absolute Gasteiger partial charge is 0.305 e. The maximum Gasteiger partial charge on any atom is 0.305 e. The fraction of sp³-hybridized carbons (Fsp3) is 0.769. The van der Waals surface area contributed by atoms with Crippen LogP contribution in [0.2, 0.25) is 0 Å². The van der Waals surface area contributed by atoms with Gasteiger partial charge in [0.15, 0.2) is 0 Å². The van der Waals surface area contributed by atoms with E-state index in [1.54, 1.807) is 0 Å². The van der Waals surface area contributed by atoms with Crippen LogP contribution in [0.1, 0.15) is 258 Å². The third kappa shape index (κ3) is 54.4. The third-order valence-electron chi connectivity index (χ3n) is 13.5.